The van der Waals surface area contributed by atoms with Crippen molar-refractivity contribution in [3.63, 3.8) is 0 Å². The fourth-order valence-electron chi connectivity index (χ4n) is 1.09. The SMILES string of the molecule is CCc1cccc([Si](C)(C)C)n1. The van der Waals surface area contributed by atoms with Crippen LogP contribution >= 0.6 is 0 Å². The molecule has 0 unspecified atom stereocenters. The van der Waals surface area contributed by atoms with Gasteiger partial charge in [-0.2, -0.15) is 0 Å². The second kappa shape index (κ2) is 3.40. The van der Waals surface area contributed by atoms with Crippen LogP contribution in [0.1, 0.15) is 12.6 Å². The highest BCUT2D eigenvalue weighted by molar-refractivity contribution is 6.88. The lowest BCUT2D eigenvalue weighted by Gasteiger charge is -2.15. The molecule has 0 saturated carbocycles. The molecule has 12 heavy (non-hydrogen) atoms. The van der Waals surface area contributed by atoms with Gasteiger partial charge in [0.15, 0.2) is 0 Å². The summed E-state index contributed by atoms with van der Waals surface area (Å²) >= 11 is 0. The highest BCUT2D eigenvalue weighted by Gasteiger charge is 2.17. The minimum absolute atomic E-state index is 1.04. The Balaban J connectivity index is 3.02. The van der Waals surface area contributed by atoms with E-state index in [0.29, 0.717) is 0 Å². The van der Waals surface area contributed by atoms with Gasteiger partial charge in [-0.3, -0.25) is 4.98 Å². The lowest BCUT2D eigenvalue weighted by Crippen LogP contribution is -2.40. The number of hydrogen-bond donors (Lipinski definition) is 0. The minimum Gasteiger partial charge on any atom is -0.263 e. The third-order valence-corrected chi connectivity index (χ3v) is 3.75. The lowest BCUT2D eigenvalue weighted by molar-refractivity contribution is 1.05. The molecular weight excluding hydrogens is 162 g/mol. The van der Waals surface area contributed by atoms with Gasteiger partial charge in [0.2, 0.25) is 0 Å². The first-order chi connectivity index (χ1) is 5.54. The summed E-state index contributed by atoms with van der Waals surface area (Å²) in [6.45, 7) is 9.13. The standard InChI is InChI=1S/C10H17NSi/c1-5-9-7-6-8-10(11-9)12(2,3)4/h6-8H,5H2,1-4H3. The number of rotatable bonds is 2. The summed E-state index contributed by atoms with van der Waals surface area (Å²) in [6.07, 6.45) is 1.04. The van der Waals surface area contributed by atoms with Crippen molar-refractivity contribution in [3.8, 4) is 0 Å². The van der Waals surface area contributed by atoms with Crippen LogP contribution in [0.15, 0.2) is 18.2 Å². The summed E-state index contributed by atoms with van der Waals surface area (Å²) in [7, 11) is -1.19. The van der Waals surface area contributed by atoms with E-state index in [1.165, 1.54) is 11.0 Å². The van der Waals surface area contributed by atoms with Crippen molar-refractivity contribution in [1.82, 2.24) is 4.98 Å². The van der Waals surface area contributed by atoms with Crippen LogP contribution in [-0.2, 0) is 6.42 Å². The van der Waals surface area contributed by atoms with E-state index in [1.54, 1.807) is 0 Å². The van der Waals surface area contributed by atoms with Crippen molar-refractivity contribution in [3.05, 3.63) is 23.9 Å². The second-order valence-electron chi connectivity index (χ2n) is 4.12. The quantitative estimate of drug-likeness (QED) is 0.634. The Morgan fingerprint density at radius 3 is 2.42 bits per heavy atom. The number of hydrogen-bond acceptors (Lipinski definition) is 1. The third-order valence-electron chi connectivity index (χ3n) is 1.94. The molecule has 0 saturated heterocycles. The monoisotopic (exact) mass is 179 g/mol. The van der Waals surface area contributed by atoms with Gasteiger partial charge in [0, 0.05) is 11.0 Å². The largest absolute Gasteiger partial charge is 0.263 e. The van der Waals surface area contributed by atoms with Gasteiger partial charge >= 0.3 is 0 Å². The molecule has 1 nitrogen and oxygen atoms in total. The van der Waals surface area contributed by atoms with Crippen LogP contribution in [0.4, 0.5) is 0 Å². The maximum absolute atomic E-state index is 4.62. The zero-order valence-electron chi connectivity index (χ0n) is 8.39. The highest BCUT2D eigenvalue weighted by Crippen LogP contribution is 2.01. The summed E-state index contributed by atoms with van der Waals surface area (Å²) in [6, 6.07) is 6.38. The molecule has 0 bridgehead atoms. The minimum atomic E-state index is -1.19. The van der Waals surface area contributed by atoms with Gasteiger partial charge in [-0.05, 0) is 18.6 Å². The van der Waals surface area contributed by atoms with E-state index in [2.05, 4.69) is 49.7 Å². The van der Waals surface area contributed by atoms with Crippen molar-refractivity contribution in [2.24, 2.45) is 0 Å². The molecule has 66 valence electrons. The van der Waals surface area contributed by atoms with Crippen molar-refractivity contribution in [2.45, 2.75) is 33.0 Å². The first-order valence-electron chi connectivity index (χ1n) is 4.50. The molecule has 1 aromatic rings. The lowest BCUT2D eigenvalue weighted by atomic mass is 10.3. The van der Waals surface area contributed by atoms with Gasteiger partial charge in [-0.25, -0.2) is 0 Å². The van der Waals surface area contributed by atoms with E-state index in [-0.39, 0.29) is 0 Å². The summed E-state index contributed by atoms with van der Waals surface area (Å²) in [4.78, 5) is 4.62. The zero-order chi connectivity index (χ0) is 9.19. The van der Waals surface area contributed by atoms with Gasteiger partial charge in [0.25, 0.3) is 0 Å². The van der Waals surface area contributed by atoms with Crippen LogP contribution in [-0.4, -0.2) is 13.1 Å². The van der Waals surface area contributed by atoms with Gasteiger partial charge in [0.1, 0.15) is 8.07 Å². The first-order valence-corrected chi connectivity index (χ1v) is 8.00. The predicted octanol–water partition coefficient (Wildman–Crippen LogP) is 2.19. The smallest absolute Gasteiger partial charge is 0.101 e. The fourth-order valence-corrected chi connectivity index (χ4v) is 2.17. The topological polar surface area (TPSA) is 12.9 Å². The molecule has 0 aliphatic heterocycles. The Bertz CT molecular complexity index is 263. The summed E-state index contributed by atoms with van der Waals surface area (Å²) in [5, 5.41) is 1.32. The Hall–Kier alpha value is -0.633. The van der Waals surface area contributed by atoms with Crippen LogP contribution in [0.2, 0.25) is 19.6 Å². The molecule has 0 radical (unpaired) electrons. The fraction of sp³-hybridized carbons (Fsp3) is 0.500. The first kappa shape index (κ1) is 9.45. The summed E-state index contributed by atoms with van der Waals surface area (Å²) in [5.41, 5.74) is 1.22. The molecule has 0 aliphatic rings. The number of nitrogens with zero attached hydrogens (tertiary/aromatic N) is 1. The number of aryl methyl sites for hydroxylation is 1. The predicted molar refractivity (Wildman–Crippen MR) is 56.6 cm³/mol. The number of pyridine rings is 1. The van der Waals surface area contributed by atoms with Crippen LogP contribution < -0.4 is 5.32 Å². The van der Waals surface area contributed by atoms with E-state index < -0.39 is 8.07 Å². The van der Waals surface area contributed by atoms with E-state index in [9.17, 15) is 0 Å². The maximum Gasteiger partial charge on any atom is 0.101 e. The van der Waals surface area contributed by atoms with E-state index in [0.717, 1.165) is 6.42 Å². The van der Waals surface area contributed by atoms with E-state index in [4.69, 9.17) is 0 Å². The molecule has 0 N–H and O–H groups in total. The van der Waals surface area contributed by atoms with Crippen LogP contribution in [0, 0.1) is 0 Å². The Kier molecular flexibility index (Phi) is 2.68. The van der Waals surface area contributed by atoms with E-state index in [1.807, 2.05) is 0 Å². The molecular formula is C10H17NSi. The average Bonchev–Trinajstić information content (AvgIpc) is 2.03. The number of aromatic nitrogens is 1. The highest BCUT2D eigenvalue weighted by atomic mass is 28.3. The van der Waals surface area contributed by atoms with Crippen LogP contribution in [0.3, 0.4) is 0 Å². The molecule has 0 aliphatic carbocycles. The molecule has 1 heterocycles. The van der Waals surface area contributed by atoms with Gasteiger partial charge in [-0.15, -0.1) is 0 Å². The Morgan fingerprint density at radius 1 is 1.25 bits per heavy atom. The third kappa shape index (κ3) is 2.17. The van der Waals surface area contributed by atoms with Crippen molar-refractivity contribution >= 4 is 13.4 Å². The summed E-state index contributed by atoms with van der Waals surface area (Å²) < 4.78 is 0. The van der Waals surface area contributed by atoms with Gasteiger partial charge in [-0.1, -0.05) is 32.6 Å². The molecule has 0 amide bonds. The van der Waals surface area contributed by atoms with Crippen LogP contribution in [0.5, 0.6) is 0 Å². The Labute approximate surface area is 75.9 Å². The molecule has 1 aromatic heterocycles. The van der Waals surface area contributed by atoms with Crippen LogP contribution in [0.25, 0.3) is 0 Å². The van der Waals surface area contributed by atoms with Crippen molar-refractivity contribution in [2.75, 3.05) is 0 Å². The maximum atomic E-state index is 4.62. The van der Waals surface area contributed by atoms with E-state index >= 15 is 0 Å². The Morgan fingerprint density at radius 2 is 1.92 bits per heavy atom. The second-order valence-corrected chi connectivity index (χ2v) is 9.13. The van der Waals surface area contributed by atoms with Crippen molar-refractivity contribution < 1.29 is 0 Å². The normalized spacial score (nSPS) is 11.7. The molecule has 0 aromatic carbocycles. The molecule has 0 spiro atoms. The molecule has 2 heteroatoms. The molecule has 0 atom stereocenters. The summed E-state index contributed by atoms with van der Waals surface area (Å²) in [5.74, 6) is 0. The zero-order valence-corrected chi connectivity index (χ0v) is 9.39. The van der Waals surface area contributed by atoms with Gasteiger partial charge in [0.05, 0.1) is 0 Å². The van der Waals surface area contributed by atoms with Gasteiger partial charge < -0.3 is 0 Å². The molecule has 0 fully saturated rings. The molecule has 1 rings (SSSR count). The van der Waals surface area contributed by atoms with Crippen molar-refractivity contribution in [1.29, 1.82) is 0 Å². The average molecular weight is 179 g/mol.